The first kappa shape index (κ1) is 23.1. The summed E-state index contributed by atoms with van der Waals surface area (Å²) in [6.45, 7) is 0. The van der Waals surface area contributed by atoms with Gasteiger partial charge in [0.1, 0.15) is 5.69 Å². The minimum Gasteiger partial charge on any atom is -0.464 e. The quantitative estimate of drug-likeness (QED) is 0.248. The Balaban J connectivity index is 1.91. The van der Waals surface area contributed by atoms with Crippen LogP contribution in [-0.4, -0.2) is 26.4 Å². The number of fused-ring (bicyclic) bond motifs is 1. The topological polar surface area (TPSA) is 74.1 Å². The molecule has 6 nitrogen and oxygen atoms in total. The molecule has 8 heteroatoms. The number of benzene rings is 3. The Morgan fingerprint density at radius 1 is 1.03 bits per heavy atom. The molecule has 0 bridgehead atoms. The first-order valence-corrected chi connectivity index (χ1v) is 12.4. The van der Waals surface area contributed by atoms with Crippen LogP contribution in [0.5, 0.6) is 0 Å². The van der Waals surface area contributed by atoms with Crippen LogP contribution in [0.25, 0.3) is 21.9 Å². The van der Waals surface area contributed by atoms with Gasteiger partial charge in [0.15, 0.2) is 0 Å². The lowest BCUT2D eigenvalue weighted by atomic mass is 9.94. The van der Waals surface area contributed by atoms with Gasteiger partial charge in [0.2, 0.25) is 0 Å². The number of hydrogen-bond donors (Lipinski definition) is 0. The molecule has 2 aromatic heterocycles. The Bertz CT molecular complexity index is 1550. The summed E-state index contributed by atoms with van der Waals surface area (Å²) in [6.07, 6.45) is 2.10. The van der Waals surface area contributed by atoms with Crippen molar-refractivity contribution in [2.45, 2.75) is 12.5 Å². The van der Waals surface area contributed by atoms with Gasteiger partial charge in [-0.25, -0.2) is 4.79 Å². The van der Waals surface area contributed by atoms with Crippen molar-refractivity contribution in [3.05, 3.63) is 117 Å². The molecule has 1 unspecified atom stereocenters. The van der Waals surface area contributed by atoms with Gasteiger partial charge in [0, 0.05) is 15.4 Å². The molecule has 5 aromatic rings. The fourth-order valence-corrected chi connectivity index (χ4v) is 5.19. The van der Waals surface area contributed by atoms with Crippen LogP contribution in [0.2, 0.25) is 0 Å². The van der Waals surface area contributed by atoms with Gasteiger partial charge in [0.05, 0.1) is 36.8 Å². The Morgan fingerprint density at radius 2 is 1.74 bits per heavy atom. The van der Waals surface area contributed by atoms with Gasteiger partial charge >= 0.3 is 5.97 Å². The molecule has 0 aliphatic carbocycles. The van der Waals surface area contributed by atoms with Crippen molar-refractivity contribution in [3.8, 4) is 11.1 Å². The fraction of sp³-hybridized carbons (Fsp3) is 0.111. The number of esters is 1. The number of aromatic nitrogens is 3. The number of methoxy groups -OCH3 is 1. The number of hydrogen-bond acceptors (Lipinski definition) is 6. The normalized spacial score (nSPS) is 11.9. The van der Waals surface area contributed by atoms with Crippen LogP contribution in [0.4, 0.5) is 0 Å². The van der Waals surface area contributed by atoms with Gasteiger partial charge in [-0.2, -0.15) is 8.75 Å². The first-order valence-electron chi connectivity index (χ1n) is 10.9. The standard InChI is InChI=1S/C27H20BrN3O3S/c1-34-27(33)25-24(18-10-6-3-7-11-18)21-15-19(28)12-13-20(21)26(32)31(25)23(22-16-29-35-30-22)14-17-8-4-2-5-9-17/h2-13,15-16,23H,14H2,1H3. The smallest absolute Gasteiger partial charge is 0.355 e. The number of ether oxygens (including phenoxy) is 1. The molecule has 0 spiro atoms. The van der Waals surface area contributed by atoms with E-state index < -0.39 is 12.0 Å². The largest absolute Gasteiger partial charge is 0.464 e. The van der Waals surface area contributed by atoms with E-state index >= 15 is 0 Å². The monoisotopic (exact) mass is 545 g/mol. The fourth-order valence-electron chi connectivity index (χ4n) is 4.36. The van der Waals surface area contributed by atoms with Crippen LogP contribution < -0.4 is 5.56 Å². The van der Waals surface area contributed by atoms with Gasteiger partial charge in [-0.05, 0) is 41.1 Å². The lowest BCUT2D eigenvalue weighted by molar-refractivity contribution is 0.0586. The van der Waals surface area contributed by atoms with Crippen molar-refractivity contribution >= 4 is 44.4 Å². The average Bonchev–Trinajstić information content (AvgIpc) is 3.43. The maximum absolute atomic E-state index is 14.1. The number of rotatable bonds is 6. The Labute approximate surface area is 214 Å². The maximum atomic E-state index is 14.1. The van der Waals surface area contributed by atoms with E-state index in [2.05, 4.69) is 24.7 Å². The highest BCUT2D eigenvalue weighted by atomic mass is 79.9. The Morgan fingerprint density at radius 3 is 2.40 bits per heavy atom. The van der Waals surface area contributed by atoms with Crippen molar-refractivity contribution in [1.29, 1.82) is 0 Å². The van der Waals surface area contributed by atoms with E-state index in [0.717, 1.165) is 27.3 Å². The summed E-state index contributed by atoms with van der Waals surface area (Å²) in [5, 5.41) is 1.17. The van der Waals surface area contributed by atoms with Crippen LogP contribution in [0.1, 0.15) is 27.8 Å². The second-order valence-electron chi connectivity index (χ2n) is 7.98. The Hall–Kier alpha value is -3.62. The molecule has 174 valence electrons. The van der Waals surface area contributed by atoms with Crippen LogP contribution in [0.3, 0.4) is 0 Å². The van der Waals surface area contributed by atoms with E-state index in [1.807, 2.05) is 72.8 Å². The van der Waals surface area contributed by atoms with E-state index in [4.69, 9.17) is 4.74 Å². The van der Waals surface area contributed by atoms with E-state index in [-0.39, 0.29) is 11.3 Å². The van der Waals surface area contributed by atoms with Crippen molar-refractivity contribution in [2.75, 3.05) is 7.11 Å². The molecular weight excluding hydrogens is 526 g/mol. The second-order valence-corrected chi connectivity index (χ2v) is 9.46. The van der Waals surface area contributed by atoms with Gasteiger partial charge in [-0.1, -0.05) is 76.6 Å². The van der Waals surface area contributed by atoms with Gasteiger partial charge < -0.3 is 4.74 Å². The summed E-state index contributed by atoms with van der Waals surface area (Å²) in [7, 11) is 1.33. The molecule has 0 aliphatic rings. The third-order valence-corrected chi connectivity index (χ3v) is 6.91. The number of carbonyl (C=O) groups is 1. The lowest BCUT2D eigenvalue weighted by Crippen LogP contribution is -2.33. The summed E-state index contributed by atoms with van der Waals surface area (Å²) in [5.41, 5.74) is 2.95. The van der Waals surface area contributed by atoms with Crippen molar-refractivity contribution in [3.63, 3.8) is 0 Å². The summed E-state index contributed by atoms with van der Waals surface area (Å²) in [4.78, 5) is 27.5. The molecule has 0 N–H and O–H groups in total. The van der Waals surface area contributed by atoms with Crippen LogP contribution in [0, 0.1) is 0 Å². The highest BCUT2D eigenvalue weighted by Crippen LogP contribution is 2.35. The molecule has 5 rings (SSSR count). The number of nitrogens with zero attached hydrogens (tertiary/aromatic N) is 3. The van der Waals surface area contributed by atoms with Crippen LogP contribution in [-0.2, 0) is 11.2 Å². The van der Waals surface area contributed by atoms with E-state index in [9.17, 15) is 9.59 Å². The maximum Gasteiger partial charge on any atom is 0.355 e. The van der Waals surface area contributed by atoms with Crippen molar-refractivity contribution < 1.29 is 9.53 Å². The minimum atomic E-state index is -0.593. The summed E-state index contributed by atoms with van der Waals surface area (Å²) in [6, 6.07) is 24.3. The van der Waals surface area contributed by atoms with Gasteiger partial charge in [-0.3, -0.25) is 9.36 Å². The first-order chi connectivity index (χ1) is 17.1. The SMILES string of the molecule is COC(=O)c1c(-c2ccccc2)c2cc(Br)ccc2c(=O)n1C(Cc1ccccc1)c1cnsn1. The molecule has 3 aromatic carbocycles. The highest BCUT2D eigenvalue weighted by Gasteiger charge is 2.30. The van der Waals surface area contributed by atoms with Gasteiger partial charge in [-0.15, -0.1) is 0 Å². The molecule has 0 aliphatic heterocycles. The Kier molecular flexibility index (Phi) is 6.57. The number of halogens is 1. The van der Waals surface area contributed by atoms with E-state index in [1.54, 1.807) is 12.3 Å². The second kappa shape index (κ2) is 9.93. The lowest BCUT2D eigenvalue weighted by Gasteiger charge is -2.25. The summed E-state index contributed by atoms with van der Waals surface area (Å²) < 4.78 is 16.2. The van der Waals surface area contributed by atoms with E-state index in [1.165, 1.54) is 11.7 Å². The number of pyridine rings is 1. The third kappa shape index (κ3) is 4.42. The third-order valence-electron chi connectivity index (χ3n) is 5.92. The molecule has 0 saturated carbocycles. The summed E-state index contributed by atoms with van der Waals surface area (Å²) in [5.74, 6) is -0.593. The molecule has 2 heterocycles. The molecular formula is C27H20BrN3O3S. The van der Waals surface area contributed by atoms with E-state index in [0.29, 0.717) is 28.5 Å². The zero-order valence-electron chi connectivity index (χ0n) is 18.7. The zero-order valence-corrected chi connectivity index (χ0v) is 21.1. The minimum absolute atomic E-state index is 0.184. The molecule has 1 atom stereocenters. The summed E-state index contributed by atoms with van der Waals surface area (Å²) >= 11 is 4.59. The molecule has 35 heavy (non-hydrogen) atoms. The molecule has 0 fully saturated rings. The van der Waals surface area contributed by atoms with Crippen LogP contribution >= 0.6 is 27.7 Å². The zero-order chi connectivity index (χ0) is 24.4. The number of carbonyl (C=O) groups excluding carboxylic acids is 1. The predicted molar refractivity (Wildman–Crippen MR) is 141 cm³/mol. The molecule has 0 radical (unpaired) electrons. The average molecular weight is 546 g/mol. The molecule has 0 saturated heterocycles. The molecule has 0 amide bonds. The predicted octanol–water partition coefficient (Wildman–Crippen LogP) is 5.90. The van der Waals surface area contributed by atoms with Crippen molar-refractivity contribution in [2.24, 2.45) is 0 Å². The van der Waals surface area contributed by atoms with Crippen molar-refractivity contribution in [1.82, 2.24) is 13.3 Å². The van der Waals surface area contributed by atoms with Crippen LogP contribution in [0.15, 0.2) is 94.3 Å². The van der Waals surface area contributed by atoms with Gasteiger partial charge in [0.25, 0.3) is 5.56 Å². The highest BCUT2D eigenvalue weighted by molar-refractivity contribution is 9.10.